The van der Waals surface area contributed by atoms with Crippen molar-refractivity contribution in [1.29, 1.82) is 0 Å². The molecule has 0 saturated carbocycles. The van der Waals surface area contributed by atoms with Crippen LogP contribution in [0.4, 0.5) is 5.69 Å². The minimum atomic E-state index is 0. The van der Waals surface area contributed by atoms with Crippen molar-refractivity contribution < 1.29 is 20.1 Å². The molecule has 7 aromatic carbocycles. The Morgan fingerprint density at radius 1 is 0.630 bits per heavy atom. The van der Waals surface area contributed by atoms with Crippen LogP contribution in [-0.4, -0.2) is 15.9 Å². The number of anilines is 1. The fourth-order valence-electron chi connectivity index (χ4n) is 7.10. The van der Waals surface area contributed by atoms with Gasteiger partial charge in [-0.1, -0.05) is 77.7 Å². The van der Waals surface area contributed by atoms with E-state index in [4.69, 9.17) is 0 Å². The molecule has 0 spiro atoms. The van der Waals surface area contributed by atoms with Gasteiger partial charge in [0.25, 0.3) is 0 Å². The molecule has 3 heterocycles. The van der Waals surface area contributed by atoms with Crippen molar-refractivity contribution in [2.75, 3.05) is 4.90 Å². The van der Waals surface area contributed by atoms with Crippen molar-refractivity contribution in [3.05, 3.63) is 176 Å². The Morgan fingerprint density at radius 3 is 2.09 bits per heavy atom. The smallest absolute Gasteiger partial charge is 0.506 e. The molecule has 0 radical (unpaired) electrons. The third kappa shape index (κ3) is 6.80. The Balaban J connectivity index is 0.000000160. The predicted octanol–water partition coefficient (Wildman–Crippen LogP) is 13.3. The van der Waals surface area contributed by atoms with Crippen LogP contribution in [0.1, 0.15) is 25.0 Å². The van der Waals surface area contributed by atoms with E-state index in [0.717, 1.165) is 16.9 Å². The Bertz CT molecular complexity index is 2820. The van der Waals surface area contributed by atoms with Crippen LogP contribution in [0, 0.1) is 32.6 Å². The van der Waals surface area contributed by atoms with E-state index in [9.17, 15) is 0 Å². The number of benzene rings is 7. The second kappa shape index (κ2) is 14.8. The van der Waals surface area contributed by atoms with Crippen molar-refractivity contribution in [3.63, 3.8) is 0 Å². The summed E-state index contributed by atoms with van der Waals surface area (Å²) in [6, 6.07) is 53.0. The van der Waals surface area contributed by atoms with Crippen molar-refractivity contribution in [2.45, 2.75) is 33.7 Å². The SMILES string of the molecule is Cc1ccc(-c2c[c-]c(N3C=CN(C(C)C)[CH-]3)cc2)cc1C.[Ir+3].[c-]1cc2c(cc1-c1ccccn1)sc1c3cc4cc5ccccc5cc4cc3ccc21. The molecule has 1 aliphatic rings. The number of fused-ring (bicyclic) bond motifs is 7. The molecule has 0 amide bonds. The number of pyridine rings is 1. The number of aryl methyl sites for hydroxylation is 2. The zero-order valence-corrected chi connectivity index (χ0v) is 33.8. The summed E-state index contributed by atoms with van der Waals surface area (Å²) in [6.07, 6.45) is 6.00. The van der Waals surface area contributed by atoms with Gasteiger partial charge in [0, 0.05) is 10.9 Å². The molecule has 10 rings (SSSR count). The largest absolute Gasteiger partial charge is 3.00 e. The van der Waals surface area contributed by atoms with E-state index in [0.29, 0.717) is 6.04 Å². The van der Waals surface area contributed by atoms with Gasteiger partial charge in [0.05, 0.1) is 0 Å². The summed E-state index contributed by atoms with van der Waals surface area (Å²) in [5.41, 5.74) is 8.17. The van der Waals surface area contributed by atoms with Crippen molar-refractivity contribution in [3.8, 4) is 22.4 Å². The molecule has 0 bridgehead atoms. The third-order valence-corrected chi connectivity index (χ3v) is 11.5. The van der Waals surface area contributed by atoms with Gasteiger partial charge in [-0.2, -0.15) is 36.2 Å². The van der Waals surface area contributed by atoms with E-state index < -0.39 is 0 Å². The molecule has 0 fully saturated rings. The summed E-state index contributed by atoms with van der Waals surface area (Å²) in [6.45, 7) is 10.8. The van der Waals surface area contributed by atoms with Crippen LogP contribution in [-0.2, 0) is 20.1 Å². The standard InChI is InChI=1S/C29H16NS.C20H22N2.Ir/c1-2-6-19-14-23-16-26-20(15-22(23)13-18(19)5-1)8-11-25-24-10-9-21(17-28(24)31-29(25)26)27-7-3-4-12-30-27;1-15(2)21-11-12-22(14-21)20-9-7-18(8-10-20)19-6-5-16(3)17(4)13-19;/h1-8,10-17H;5-9,11-15H,1-4H3;/q-1;-2;+3. The fraction of sp³-hybridized carbons (Fsp3) is 0.102. The van der Waals surface area contributed by atoms with Gasteiger partial charge in [-0.05, 0) is 136 Å². The minimum absolute atomic E-state index is 0. The third-order valence-electron chi connectivity index (χ3n) is 10.3. The Hall–Kier alpha value is -5.32. The van der Waals surface area contributed by atoms with Crippen molar-refractivity contribution in [2.24, 2.45) is 0 Å². The van der Waals surface area contributed by atoms with Gasteiger partial charge in [0.1, 0.15) is 0 Å². The molecule has 54 heavy (non-hydrogen) atoms. The summed E-state index contributed by atoms with van der Waals surface area (Å²) >= 11 is 1.86. The van der Waals surface area contributed by atoms with Crippen molar-refractivity contribution >= 4 is 69.5 Å². The summed E-state index contributed by atoms with van der Waals surface area (Å²) < 4.78 is 2.62. The maximum Gasteiger partial charge on any atom is 3.00 e. The quantitative estimate of drug-likeness (QED) is 0.130. The zero-order chi connectivity index (χ0) is 36.1. The Morgan fingerprint density at radius 2 is 1.39 bits per heavy atom. The summed E-state index contributed by atoms with van der Waals surface area (Å²) in [5, 5.41) is 10.3. The second-order valence-corrected chi connectivity index (χ2v) is 15.2. The normalized spacial score (nSPS) is 12.6. The molecule has 0 atom stereocenters. The molecule has 264 valence electrons. The first-order valence-corrected chi connectivity index (χ1v) is 18.9. The zero-order valence-electron chi connectivity index (χ0n) is 30.6. The van der Waals surface area contributed by atoms with Crippen LogP contribution in [0.3, 0.4) is 0 Å². The second-order valence-electron chi connectivity index (χ2n) is 14.1. The molecular formula is C49H38IrN3S. The maximum atomic E-state index is 4.49. The molecule has 3 nitrogen and oxygen atoms in total. The van der Waals surface area contributed by atoms with Gasteiger partial charge in [-0.3, -0.25) is 0 Å². The maximum absolute atomic E-state index is 4.49. The predicted molar refractivity (Wildman–Crippen MR) is 227 cm³/mol. The van der Waals surface area contributed by atoms with E-state index in [1.54, 1.807) is 0 Å². The first-order chi connectivity index (χ1) is 25.9. The summed E-state index contributed by atoms with van der Waals surface area (Å²) in [5.74, 6) is 0. The van der Waals surface area contributed by atoms with Crippen LogP contribution in [0.5, 0.6) is 0 Å². The minimum Gasteiger partial charge on any atom is -0.506 e. The first-order valence-electron chi connectivity index (χ1n) is 18.1. The molecule has 0 saturated heterocycles. The van der Waals surface area contributed by atoms with Crippen LogP contribution in [0.25, 0.3) is 74.9 Å². The van der Waals surface area contributed by atoms with E-state index in [2.05, 4.69) is 183 Å². The summed E-state index contributed by atoms with van der Waals surface area (Å²) in [4.78, 5) is 8.78. The number of aromatic nitrogens is 1. The Kier molecular flexibility index (Phi) is 9.81. The molecular weight excluding hydrogens is 855 g/mol. The molecule has 0 aliphatic carbocycles. The number of nitrogens with zero attached hydrogens (tertiary/aromatic N) is 3. The van der Waals surface area contributed by atoms with Gasteiger partial charge in [-0.25, -0.2) is 0 Å². The van der Waals surface area contributed by atoms with E-state index in [1.807, 2.05) is 35.7 Å². The molecule has 1 aliphatic heterocycles. The van der Waals surface area contributed by atoms with Crippen LogP contribution >= 0.6 is 11.3 Å². The van der Waals surface area contributed by atoms with Gasteiger partial charge in [0.2, 0.25) is 0 Å². The molecule has 9 aromatic rings. The van der Waals surface area contributed by atoms with Gasteiger partial charge in [-0.15, -0.1) is 41.1 Å². The topological polar surface area (TPSA) is 19.4 Å². The van der Waals surface area contributed by atoms with E-state index in [1.165, 1.54) is 74.7 Å². The summed E-state index contributed by atoms with van der Waals surface area (Å²) in [7, 11) is 0. The molecule has 0 unspecified atom stereocenters. The van der Waals surface area contributed by atoms with Crippen molar-refractivity contribution in [1.82, 2.24) is 9.88 Å². The molecule has 0 N–H and O–H groups in total. The fourth-order valence-corrected chi connectivity index (χ4v) is 8.35. The van der Waals surface area contributed by atoms with E-state index >= 15 is 0 Å². The van der Waals surface area contributed by atoms with Crippen LogP contribution in [0.2, 0.25) is 0 Å². The van der Waals surface area contributed by atoms with Crippen LogP contribution < -0.4 is 4.90 Å². The number of hydrogen-bond acceptors (Lipinski definition) is 4. The molecule has 5 heteroatoms. The number of thiophene rings is 1. The first kappa shape index (κ1) is 35.7. The Labute approximate surface area is 334 Å². The van der Waals surface area contributed by atoms with Crippen LogP contribution in [0.15, 0.2) is 146 Å². The van der Waals surface area contributed by atoms with E-state index in [-0.39, 0.29) is 20.1 Å². The average Bonchev–Trinajstić information content (AvgIpc) is 3.84. The van der Waals surface area contributed by atoms with Gasteiger partial charge >= 0.3 is 20.1 Å². The van der Waals surface area contributed by atoms with Gasteiger partial charge in [0.15, 0.2) is 0 Å². The average molecular weight is 893 g/mol. The molecule has 2 aromatic heterocycles. The van der Waals surface area contributed by atoms with Gasteiger partial charge < -0.3 is 14.8 Å². The number of rotatable bonds is 4. The number of hydrogen-bond donors (Lipinski definition) is 0. The monoisotopic (exact) mass is 893 g/mol.